The van der Waals surface area contributed by atoms with Crippen LogP contribution in [0.15, 0.2) is 24.3 Å². The second-order valence-electron chi connectivity index (χ2n) is 5.16. The van der Waals surface area contributed by atoms with E-state index in [0.717, 1.165) is 0 Å². The highest BCUT2D eigenvalue weighted by molar-refractivity contribution is 6.33. The Bertz CT molecular complexity index is 577. The molecule has 0 aliphatic rings. The van der Waals surface area contributed by atoms with Crippen LogP contribution in [0, 0.1) is 0 Å². The van der Waals surface area contributed by atoms with Crippen LogP contribution in [-0.2, 0) is 14.3 Å². The predicted octanol–water partition coefficient (Wildman–Crippen LogP) is 2.26. The maximum absolute atomic E-state index is 12.7. The minimum atomic E-state index is -0.351. The number of amides is 2. The average Bonchev–Trinajstić information content (AvgIpc) is 2.54. The zero-order valence-electron chi connectivity index (χ0n) is 14.0. The van der Waals surface area contributed by atoms with E-state index in [2.05, 4.69) is 5.32 Å². The molecule has 0 saturated carbocycles. The van der Waals surface area contributed by atoms with Crippen LogP contribution in [0.2, 0.25) is 5.02 Å². The highest BCUT2D eigenvalue weighted by Gasteiger charge is 2.19. The van der Waals surface area contributed by atoms with Crippen molar-refractivity contribution >= 4 is 29.4 Å². The van der Waals surface area contributed by atoms with E-state index < -0.39 is 0 Å². The molecule has 0 aliphatic heterocycles. The molecule has 1 aromatic carbocycles. The van der Waals surface area contributed by atoms with E-state index in [9.17, 15) is 14.4 Å². The lowest BCUT2D eigenvalue weighted by Gasteiger charge is -2.23. The second kappa shape index (κ2) is 10.6. The smallest absolute Gasteiger partial charge is 0.307 e. The largest absolute Gasteiger partial charge is 0.466 e. The van der Waals surface area contributed by atoms with Crippen LogP contribution in [0.25, 0.3) is 0 Å². The van der Waals surface area contributed by atoms with Gasteiger partial charge in [0, 0.05) is 26.6 Å². The number of nitrogens with zero attached hydrogens (tertiary/aromatic N) is 1. The van der Waals surface area contributed by atoms with Gasteiger partial charge in [-0.3, -0.25) is 14.4 Å². The van der Waals surface area contributed by atoms with E-state index in [4.69, 9.17) is 16.3 Å². The summed E-state index contributed by atoms with van der Waals surface area (Å²) in [5.74, 6) is -0.713. The third-order valence-corrected chi connectivity index (χ3v) is 3.59. The number of hydrogen-bond acceptors (Lipinski definition) is 4. The first-order valence-corrected chi connectivity index (χ1v) is 8.27. The summed E-state index contributed by atoms with van der Waals surface area (Å²) >= 11 is 6.08. The summed E-state index contributed by atoms with van der Waals surface area (Å²) in [6.07, 6.45) is 0.697. The molecule has 1 aromatic rings. The third-order valence-electron chi connectivity index (χ3n) is 3.26. The summed E-state index contributed by atoms with van der Waals surface area (Å²) < 4.78 is 4.90. The second-order valence-corrected chi connectivity index (χ2v) is 5.57. The number of rotatable bonds is 9. The molecule has 0 bridgehead atoms. The molecule has 0 aliphatic carbocycles. The van der Waals surface area contributed by atoms with E-state index in [0.29, 0.717) is 36.7 Å². The average molecular weight is 355 g/mol. The summed E-state index contributed by atoms with van der Waals surface area (Å²) in [5.41, 5.74) is 0.391. The van der Waals surface area contributed by atoms with Gasteiger partial charge in [-0.05, 0) is 25.5 Å². The van der Waals surface area contributed by atoms with Crippen molar-refractivity contribution in [2.75, 3.05) is 26.2 Å². The number of ether oxygens (including phenoxy) is 1. The molecule has 0 spiro atoms. The van der Waals surface area contributed by atoms with Gasteiger partial charge in [-0.15, -0.1) is 0 Å². The highest BCUT2D eigenvalue weighted by atomic mass is 35.5. The summed E-state index contributed by atoms with van der Waals surface area (Å²) in [6.45, 7) is 4.58. The molecule has 0 fully saturated rings. The van der Waals surface area contributed by atoms with E-state index in [1.165, 1.54) is 6.92 Å². The van der Waals surface area contributed by atoms with Gasteiger partial charge in [0.1, 0.15) is 0 Å². The molecule has 1 N–H and O–H groups in total. The number of carbonyl (C=O) groups excluding carboxylic acids is 3. The molecule has 0 unspecified atom stereocenters. The number of benzene rings is 1. The first-order chi connectivity index (χ1) is 11.5. The fraction of sp³-hybridized carbons (Fsp3) is 0.471. The van der Waals surface area contributed by atoms with Gasteiger partial charge in [0.15, 0.2) is 0 Å². The molecule has 0 heterocycles. The maximum atomic E-state index is 12.7. The van der Waals surface area contributed by atoms with Gasteiger partial charge in [0.05, 0.1) is 23.6 Å². The van der Waals surface area contributed by atoms with Crippen LogP contribution in [0.5, 0.6) is 0 Å². The minimum Gasteiger partial charge on any atom is -0.466 e. The van der Waals surface area contributed by atoms with Crippen LogP contribution in [-0.4, -0.2) is 48.9 Å². The number of nitrogens with one attached hydrogen (secondary N) is 1. The minimum absolute atomic E-state index is 0.115. The van der Waals surface area contributed by atoms with E-state index in [1.54, 1.807) is 36.1 Å². The van der Waals surface area contributed by atoms with Gasteiger partial charge in [0.2, 0.25) is 5.91 Å². The molecule has 0 aromatic heterocycles. The van der Waals surface area contributed by atoms with Gasteiger partial charge in [-0.25, -0.2) is 0 Å². The monoisotopic (exact) mass is 354 g/mol. The molecule has 1 rings (SSSR count). The van der Waals surface area contributed by atoms with Crippen LogP contribution >= 0.6 is 11.6 Å². The quantitative estimate of drug-likeness (QED) is 0.545. The Morgan fingerprint density at radius 2 is 1.92 bits per heavy atom. The molecule has 0 radical (unpaired) electrons. The maximum Gasteiger partial charge on any atom is 0.307 e. The van der Waals surface area contributed by atoms with E-state index in [1.807, 2.05) is 0 Å². The summed E-state index contributed by atoms with van der Waals surface area (Å²) in [5, 5.41) is 3.05. The van der Waals surface area contributed by atoms with Crippen LogP contribution in [0.3, 0.4) is 0 Å². The normalized spacial score (nSPS) is 10.1. The predicted molar refractivity (Wildman–Crippen MR) is 91.9 cm³/mol. The Morgan fingerprint density at radius 3 is 2.54 bits per heavy atom. The highest BCUT2D eigenvalue weighted by Crippen LogP contribution is 2.17. The number of esters is 1. The van der Waals surface area contributed by atoms with Crippen molar-refractivity contribution in [1.29, 1.82) is 0 Å². The zero-order valence-corrected chi connectivity index (χ0v) is 14.8. The molecular formula is C17H23ClN2O4. The summed E-state index contributed by atoms with van der Waals surface area (Å²) in [4.78, 5) is 36.7. The van der Waals surface area contributed by atoms with E-state index in [-0.39, 0.29) is 30.7 Å². The van der Waals surface area contributed by atoms with Gasteiger partial charge in [-0.2, -0.15) is 0 Å². The Hall–Kier alpha value is -2.08. The lowest BCUT2D eigenvalue weighted by atomic mass is 10.2. The Labute approximate surface area is 147 Å². The topological polar surface area (TPSA) is 75.7 Å². The number of carbonyl (C=O) groups is 3. The summed E-state index contributed by atoms with van der Waals surface area (Å²) in [7, 11) is 0. The van der Waals surface area contributed by atoms with Crippen molar-refractivity contribution in [1.82, 2.24) is 10.2 Å². The molecule has 132 valence electrons. The SMILES string of the molecule is CCOC(=O)CCN(CCCNC(C)=O)C(=O)c1ccccc1Cl. The molecule has 0 atom stereocenters. The number of halogens is 1. The molecular weight excluding hydrogens is 332 g/mol. The van der Waals surface area contributed by atoms with Crippen LogP contribution in [0.1, 0.15) is 37.0 Å². The molecule has 2 amide bonds. The Kier molecular flexibility index (Phi) is 8.86. The number of hydrogen-bond donors (Lipinski definition) is 1. The fourth-order valence-corrected chi connectivity index (χ4v) is 2.33. The van der Waals surface area contributed by atoms with Crippen molar-refractivity contribution in [2.45, 2.75) is 26.7 Å². The molecule has 7 heteroatoms. The fourth-order valence-electron chi connectivity index (χ4n) is 2.11. The van der Waals surface area contributed by atoms with Crippen molar-refractivity contribution < 1.29 is 19.1 Å². The van der Waals surface area contributed by atoms with Crippen molar-refractivity contribution in [3.05, 3.63) is 34.9 Å². The van der Waals surface area contributed by atoms with Crippen molar-refractivity contribution in [3.63, 3.8) is 0 Å². The lowest BCUT2D eigenvalue weighted by molar-refractivity contribution is -0.143. The lowest BCUT2D eigenvalue weighted by Crippen LogP contribution is -2.36. The standard InChI is InChI=1S/C17H23ClN2O4/c1-3-24-16(22)9-12-20(11-6-10-19-13(2)21)17(23)14-7-4-5-8-15(14)18/h4-5,7-8H,3,6,9-12H2,1-2H3,(H,19,21). The summed E-state index contributed by atoms with van der Waals surface area (Å²) in [6, 6.07) is 6.78. The molecule has 24 heavy (non-hydrogen) atoms. The Balaban J connectivity index is 2.71. The van der Waals surface area contributed by atoms with Crippen molar-refractivity contribution in [2.24, 2.45) is 0 Å². The van der Waals surface area contributed by atoms with Gasteiger partial charge in [-0.1, -0.05) is 23.7 Å². The van der Waals surface area contributed by atoms with Gasteiger partial charge >= 0.3 is 5.97 Å². The molecule has 0 saturated heterocycles. The molecule has 6 nitrogen and oxygen atoms in total. The Morgan fingerprint density at radius 1 is 1.21 bits per heavy atom. The zero-order chi connectivity index (χ0) is 17.9. The van der Waals surface area contributed by atoms with E-state index >= 15 is 0 Å². The van der Waals surface area contributed by atoms with Crippen molar-refractivity contribution in [3.8, 4) is 0 Å². The first kappa shape index (κ1) is 20.0. The van der Waals surface area contributed by atoms with Gasteiger partial charge < -0.3 is 15.0 Å². The third kappa shape index (κ3) is 7.00. The first-order valence-electron chi connectivity index (χ1n) is 7.89. The van der Waals surface area contributed by atoms with Gasteiger partial charge in [0.25, 0.3) is 5.91 Å². The van der Waals surface area contributed by atoms with Crippen LogP contribution < -0.4 is 5.32 Å². The van der Waals surface area contributed by atoms with Crippen LogP contribution in [0.4, 0.5) is 0 Å².